The van der Waals surface area contributed by atoms with Crippen molar-refractivity contribution >= 4 is 40.6 Å². The Morgan fingerprint density at radius 2 is 1.86 bits per heavy atom. The summed E-state index contributed by atoms with van der Waals surface area (Å²) in [5, 5.41) is 0.192. The van der Waals surface area contributed by atoms with E-state index in [9.17, 15) is 9.59 Å². The van der Waals surface area contributed by atoms with Crippen LogP contribution < -0.4 is 9.47 Å². The van der Waals surface area contributed by atoms with Crippen LogP contribution in [0.4, 0.5) is 4.79 Å². The van der Waals surface area contributed by atoms with Crippen molar-refractivity contribution in [2.24, 2.45) is 0 Å². The van der Waals surface area contributed by atoms with Crippen LogP contribution >= 0.6 is 23.4 Å². The molecule has 1 aliphatic rings. The Labute approximate surface area is 178 Å². The number of nitrogens with zero attached hydrogens (tertiary/aromatic N) is 1. The second-order valence-electron chi connectivity index (χ2n) is 6.11. The van der Waals surface area contributed by atoms with E-state index >= 15 is 0 Å². The van der Waals surface area contributed by atoms with Gasteiger partial charge in [-0.05, 0) is 47.2 Å². The summed E-state index contributed by atoms with van der Waals surface area (Å²) in [7, 11) is 3.14. The highest BCUT2D eigenvalue weighted by Gasteiger charge is 2.35. The molecule has 2 amide bonds. The summed E-state index contributed by atoms with van der Waals surface area (Å²) in [6, 6.07) is 12.5. The Balaban J connectivity index is 1.77. The van der Waals surface area contributed by atoms with Crippen LogP contribution in [0.15, 0.2) is 47.4 Å². The van der Waals surface area contributed by atoms with Crippen molar-refractivity contribution in [1.82, 2.24) is 4.90 Å². The Bertz CT molecular complexity index is 946. The van der Waals surface area contributed by atoms with Crippen molar-refractivity contribution in [2.75, 3.05) is 27.4 Å². The van der Waals surface area contributed by atoms with Crippen molar-refractivity contribution in [3.05, 3.63) is 63.5 Å². The van der Waals surface area contributed by atoms with E-state index in [4.69, 9.17) is 25.8 Å². The quantitative estimate of drug-likeness (QED) is 0.447. The average Bonchev–Trinajstić information content (AvgIpc) is 2.98. The molecule has 29 heavy (non-hydrogen) atoms. The Hall–Kier alpha value is -2.48. The van der Waals surface area contributed by atoms with E-state index in [0.717, 1.165) is 22.9 Å². The van der Waals surface area contributed by atoms with Gasteiger partial charge >= 0.3 is 0 Å². The lowest BCUT2D eigenvalue weighted by molar-refractivity contribution is -0.123. The number of halogens is 1. The first kappa shape index (κ1) is 21.2. The van der Waals surface area contributed by atoms with Crippen LogP contribution in [0.5, 0.6) is 11.5 Å². The number of amides is 2. The molecule has 0 spiro atoms. The van der Waals surface area contributed by atoms with Crippen molar-refractivity contribution in [2.45, 2.75) is 6.54 Å². The molecule has 0 aliphatic carbocycles. The second kappa shape index (κ2) is 9.82. The fourth-order valence-corrected chi connectivity index (χ4v) is 3.75. The molecule has 8 heteroatoms. The Kier molecular flexibility index (Phi) is 7.19. The van der Waals surface area contributed by atoms with E-state index < -0.39 is 0 Å². The number of carbonyl (C=O) groups is 2. The van der Waals surface area contributed by atoms with Crippen LogP contribution in [-0.4, -0.2) is 43.5 Å². The highest BCUT2D eigenvalue weighted by Crippen LogP contribution is 2.35. The van der Waals surface area contributed by atoms with E-state index in [-0.39, 0.29) is 17.7 Å². The molecule has 1 fully saturated rings. The van der Waals surface area contributed by atoms with Crippen molar-refractivity contribution in [1.29, 1.82) is 0 Å². The molecule has 3 rings (SSSR count). The molecule has 1 heterocycles. The van der Waals surface area contributed by atoms with Gasteiger partial charge in [-0.2, -0.15) is 0 Å². The molecule has 0 radical (unpaired) electrons. The van der Waals surface area contributed by atoms with Gasteiger partial charge in [0.05, 0.1) is 25.2 Å². The normalized spacial score (nSPS) is 15.3. The Morgan fingerprint density at radius 1 is 1.07 bits per heavy atom. The minimum atomic E-state index is -0.348. The van der Waals surface area contributed by atoms with Crippen molar-refractivity contribution < 1.29 is 23.8 Å². The first-order chi connectivity index (χ1) is 14.0. The molecule has 2 aromatic carbocycles. The van der Waals surface area contributed by atoms with Crippen LogP contribution in [0.3, 0.4) is 0 Å². The zero-order valence-corrected chi connectivity index (χ0v) is 17.6. The fourth-order valence-electron chi connectivity index (χ4n) is 2.71. The van der Waals surface area contributed by atoms with Gasteiger partial charge in [-0.15, -0.1) is 0 Å². The zero-order chi connectivity index (χ0) is 20.8. The number of ether oxygens (including phenoxy) is 3. The maximum Gasteiger partial charge on any atom is 0.293 e. The fraction of sp³-hybridized carbons (Fsp3) is 0.238. The molecule has 0 bridgehead atoms. The number of benzene rings is 2. The summed E-state index contributed by atoms with van der Waals surface area (Å²) in [6.07, 6.45) is 1.67. The van der Waals surface area contributed by atoms with E-state index in [2.05, 4.69) is 0 Å². The minimum absolute atomic E-state index is 0.136. The molecule has 0 aromatic heterocycles. The number of hydrogen-bond donors (Lipinski definition) is 0. The molecule has 0 unspecified atom stereocenters. The predicted octanol–water partition coefficient (Wildman–Crippen LogP) is 4.61. The molecule has 0 saturated carbocycles. The van der Waals surface area contributed by atoms with Gasteiger partial charge in [0.1, 0.15) is 6.61 Å². The average molecular weight is 434 g/mol. The number of methoxy groups -OCH3 is 2. The number of carbonyl (C=O) groups excluding carboxylic acids is 2. The van der Waals surface area contributed by atoms with Gasteiger partial charge in [0, 0.05) is 12.1 Å². The SMILES string of the molecule is COCCOc1ccc(/C=C2\SC(=O)N(Cc3ccccc3Cl)C2=O)cc1OC. The lowest BCUT2D eigenvalue weighted by Gasteiger charge is -2.13. The molecule has 6 nitrogen and oxygen atoms in total. The predicted molar refractivity (Wildman–Crippen MR) is 113 cm³/mol. The lowest BCUT2D eigenvalue weighted by Crippen LogP contribution is -2.27. The van der Waals surface area contributed by atoms with Crippen LogP contribution in [0, 0.1) is 0 Å². The standard InChI is InChI=1S/C21H20ClNO5S/c1-26-9-10-28-17-8-7-14(11-18(17)27-2)12-19-20(24)23(21(25)29-19)13-15-5-3-4-6-16(15)22/h3-8,11-12H,9-10,13H2,1-2H3/b19-12-. The first-order valence-corrected chi connectivity index (χ1v) is 10.0. The number of hydrogen-bond acceptors (Lipinski definition) is 6. The van der Waals surface area contributed by atoms with Crippen LogP contribution in [0.2, 0.25) is 5.02 Å². The third kappa shape index (κ3) is 5.12. The number of thioether (sulfide) groups is 1. The third-order valence-electron chi connectivity index (χ3n) is 4.19. The second-order valence-corrected chi connectivity index (χ2v) is 7.51. The largest absolute Gasteiger partial charge is 0.493 e. The summed E-state index contributed by atoms with van der Waals surface area (Å²) in [5.41, 5.74) is 1.45. The third-order valence-corrected chi connectivity index (χ3v) is 5.47. The number of rotatable bonds is 8. The monoisotopic (exact) mass is 433 g/mol. The highest BCUT2D eigenvalue weighted by molar-refractivity contribution is 8.18. The van der Waals surface area contributed by atoms with Gasteiger partial charge in [0.15, 0.2) is 11.5 Å². The first-order valence-electron chi connectivity index (χ1n) is 8.82. The Morgan fingerprint density at radius 3 is 2.59 bits per heavy atom. The van der Waals surface area contributed by atoms with Crippen molar-refractivity contribution in [3.8, 4) is 11.5 Å². The van der Waals surface area contributed by atoms with Gasteiger partial charge in [-0.25, -0.2) is 0 Å². The van der Waals surface area contributed by atoms with Gasteiger partial charge < -0.3 is 14.2 Å². The smallest absolute Gasteiger partial charge is 0.293 e. The number of imide groups is 1. The van der Waals surface area contributed by atoms with Crippen LogP contribution in [0.25, 0.3) is 6.08 Å². The van der Waals surface area contributed by atoms with Gasteiger partial charge in [-0.1, -0.05) is 35.9 Å². The summed E-state index contributed by atoms with van der Waals surface area (Å²) in [5.74, 6) is 0.762. The minimum Gasteiger partial charge on any atom is -0.493 e. The molecule has 1 aliphatic heterocycles. The summed E-state index contributed by atoms with van der Waals surface area (Å²) >= 11 is 7.06. The summed E-state index contributed by atoms with van der Waals surface area (Å²) < 4.78 is 15.9. The van der Waals surface area contributed by atoms with Gasteiger partial charge in [-0.3, -0.25) is 14.5 Å². The highest BCUT2D eigenvalue weighted by atomic mass is 35.5. The zero-order valence-electron chi connectivity index (χ0n) is 16.0. The molecule has 2 aromatic rings. The summed E-state index contributed by atoms with van der Waals surface area (Å²) in [6.45, 7) is 0.994. The van der Waals surface area contributed by atoms with E-state index in [1.165, 1.54) is 4.90 Å². The van der Waals surface area contributed by atoms with E-state index in [1.807, 2.05) is 6.07 Å². The summed E-state index contributed by atoms with van der Waals surface area (Å²) in [4.78, 5) is 26.6. The molecule has 0 N–H and O–H groups in total. The van der Waals surface area contributed by atoms with E-state index in [0.29, 0.717) is 34.6 Å². The maximum absolute atomic E-state index is 12.7. The topological polar surface area (TPSA) is 65.1 Å². The lowest BCUT2D eigenvalue weighted by atomic mass is 10.1. The molecular formula is C21H20ClNO5S. The van der Waals surface area contributed by atoms with Crippen LogP contribution in [-0.2, 0) is 16.1 Å². The molecule has 1 saturated heterocycles. The maximum atomic E-state index is 12.7. The molecular weight excluding hydrogens is 414 g/mol. The molecule has 0 atom stereocenters. The van der Waals surface area contributed by atoms with Gasteiger partial charge in [0.25, 0.3) is 11.1 Å². The van der Waals surface area contributed by atoms with E-state index in [1.54, 1.807) is 56.7 Å². The van der Waals surface area contributed by atoms with Crippen LogP contribution in [0.1, 0.15) is 11.1 Å². The molecule has 152 valence electrons. The van der Waals surface area contributed by atoms with Gasteiger partial charge in [0.2, 0.25) is 0 Å². The van der Waals surface area contributed by atoms with Crippen molar-refractivity contribution in [3.63, 3.8) is 0 Å².